The fourth-order valence-corrected chi connectivity index (χ4v) is 7.86. The normalized spacial score (nSPS) is 16.3. The summed E-state index contributed by atoms with van der Waals surface area (Å²) in [5, 5.41) is 9.12. The number of likely N-dealkylation sites (N-methyl/N-ethyl adjacent to an activating group) is 1. The first-order chi connectivity index (χ1) is 28.2. The predicted molar refractivity (Wildman–Crippen MR) is 217 cm³/mol. The summed E-state index contributed by atoms with van der Waals surface area (Å²) in [5.41, 5.74) is 1.86. The van der Waals surface area contributed by atoms with Gasteiger partial charge in [-0.2, -0.15) is 0 Å². The van der Waals surface area contributed by atoms with E-state index in [0.717, 1.165) is 15.4 Å². The van der Waals surface area contributed by atoms with Gasteiger partial charge in [0.1, 0.15) is 12.4 Å². The highest BCUT2D eigenvalue weighted by Crippen LogP contribution is 2.52. The van der Waals surface area contributed by atoms with E-state index < -0.39 is 17.6 Å². The lowest BCUT2D eigenvalue weighted by Crippen LogP contribution is -2.51. The SMILES string of the molecule is Cc1ccc(NC(=O)C2(c3ccc4c(c3)OC(F)(F)O4)CC2)nc1-c1cccc(C(=O)NCC(=O)NCCc2ccc(N3CCN(C(=O)/C=C/CN(C)C)CC3=O)s2)c1. The zero-order chi connectivity index (χ0) is 41.9. The minimum absolute atomic E-state index is 0.0107. The maximum absolute atomic E-state index is 13.6. The van der Waals surface area contributed by atoms with Crippen LogP contribution >= 0.6 is 11.3 Å². The number of carbonyl (C=O) groups excluding carboxylic acids is 5. The van der Waals surface area contributed by atoms with Crippen LogP contribution < -0.4 is 30.3 Å². The Morgan fingerprint density at radius 2 is 1.76 bits per heavy atom. The summed E-state index contributed by atoms with van der Waals surface area (Å²) >= 11 is 1.45. The van der Waals surface area contributed by atoms with E-state index in [1.165, 1.54) is 34.4 Å². The summed E-state index contributed by atoms with van der Waals surface area (Å²) in [6.07, 6.45) is 1.08. The molecule has 59 heavy (non-hydrogen) atoms. The first-order valence-corrected chi connectivity index (χ1v) is 19.9. The van der Waals surface area contributed by atoms with Gasteiger partial charge >= 0.3 is 6.29 Å². The summed E-state index contributed by atoms with van der Waals surface area (Å²) in [4.78, 5) is 75.4. The quantitative estimate of drug-likeness (QED) is 0.156. The van der Waals surface area contributed by atoms with Crippen LogP contribution in [0.3, 0.4) is 0 Å². The van der Waals surface area contributed by atoms with Crippen LogP contribution in [-0.4, -0.2) is 104 Å². The van der Waals surface area contributed by atoms with E-state index in [0.29, 0.717) is 67.8 Å². The maximum Gasteiger partial charge on any atom is 0.586 e. The van der Waals surface area contributed by atoms with Gasteiger partial charge in [-0.05, 0) is 93.9 Å². The van der Waals surface area contributed by atoms with Gasteiger partial charge in [0.05, 0.1) is 22.7 Å². The van der Waals surface area contributed by atoms with Crippen molar-refractivity contribution in [3.05, 3.63) is 100 Å². The molecule has 1 aliphatic carbocycles. The number of ether oxygens (including phenoxy) is 2. The minimum atomic E-state index is -3.76. The van der Waals surface area contributed by atoms with Crippen LogP contribution in [0.5, 0.6) is 11.5 Å². The summed E-state index contributed by atoms with van der Waals surface area (Å²) in [6.45, 7) is 3.41. The molecule has 5 amide bonds. The number of rotatable bonds is 14. The molecular weight excluding hydrogens is 785 g/mol. The first-order valence-electron chi connectivity index (χ1n) is 19.0. The highest BCUT2D eigenvalue weighted by molar-refractivity contribution is 7.16. The van der Waals surface area contributed by atoms with Crippen LogP contribution in [0, 0.1) is 6.92 Å². The second-order valence-electron chi connectivity index (χ2n) is 14.8. The van der Waals surface area contributed by atoms with Gasteiger partial charge in [-0.1, -0.05) is 30.3 Å². The highest BCUT2D eigenvalue weighted by atomic mass is 32.1. The molecule has 4 aromatic rings. The molecule has 1 saturated heterocycles. The summed E-state index contributed by atoms with van der Waals surface area (Å²) < 4.78 is 36.2. The number of benzene rings is 2. The van der Waals surface area contributed by atoms with E-state index >= 15 is 0 Å². The average molecular weight is 828 g/mol. The molecule has 7 rings (SSSR count). The number of pyridine rings is 1. The zero-order valence-corrected chi connectivity index (χ0v) is 33.5. The van der Waals surface area contributed by atoms with Crippen LogP contribution in [0.2, 0.25) is 0 Å². The molecule has 308 valence electrons. The van der Waals surface area contributed by atoms with E-state index in [1.54, 1.807) is 53.4 Å². The van der Waals surface area contributed by atoms with Crippen LogP contribution in [0.4, 0.5) is 19.6 Å². The summed E-state index contributed by atoms with van der Waals surface area (Å²) in [7, 11) is 3.82. The Morgan fingerprint density at radius 3 is 2.53 bits per heavy atom. The molecule has 0 spiro atoms. The second-order valence-corrected chi connectivity index (χ2v) is 15.9. The monoisotopic (exact) mass is 827 g/mol. The number of aryl methyl sites for hydroxylation is 1. The van der Waals surface area contributed by atoms with Crippen molar-refractivity contribution in [2.45, 2.75) is 37.9 Å². The fraction of sp³-hybridized carbons (Fsp3) is 0.333. The van der Waals surface area contributed by atoms with Gasteiger partial charge in [0, 0.05) is 48.3 Å². The number of piperazine rings is 1. The number of fused-ring (bicyclic) bond motifs is 1. The Morgan fingerprint density at radius 1 is 0.966 bits per heavy atom. The van der Waals surface area contributed by atoms with Crippen molar-refractivity contribution in [3.8, 4) is 22.8 Å². The van der Waals surface area contributed by atoms with Crippen LogP contribution in [0.15, 0.2) is 78.9 Å². The number of hydrogen-bond donors (Lipinski definition) is 3. The van der Waals surface area contributed by atoms with Gasteiger partial charge in [0.25, 0.3) is 5.91 Å². The molecule has 3 aliphatic rings. The van der Waals surface area contributed by atoms with E-state index in [2.05, 4.69) is 30.4 Å². The first kappa shape index (κ1) is 41.0. The number of alkyl halides is 2. The number of halogens is 2. The molecule has 2 fully saturated rings. The van der Waals surface area contributed by atoms with Crippen molar-refractivity contribution in [3.63, 3.8) is 0 Å². The Bertz CT molecular complexity index is 2330. The van der Waals surface area contributed by atoms with Crippen molar-refractivity contribution >= 4 is 51.7 Å². The molecule has 1 saturated carbocycles. The van der Waals surface area contributed by atoms with Crippen molar-refractivity contribution in [2.75, 3.05) is 63.6 Å². The van der Waals surface area contributed by atoms with Gasteiger partial charge < -0.3 is 40.1 Å². The molecule has 0 atom stereocenters. The predicted octanol–water partition coefficient (Wildman–Crippen LogP) is 4.49. The topological polar surface area (TPSA) is 163 Å². The molecule has 0 radical (unpaired) electrons. The number of hydrogen-bond acceptors (Lipinski definition) is 10. The van der Waals surface area contributed by atoms with E-state index in [-0.39, 0.29) is 54.0 Å². The minimum Gasteiger partial charge on any atom is -0.395 e. The lowest BCUT2D eigenvalue weighted by atomic mass is 9.94. The smallest absolute Gasteiger partial charge is 0.395 e. The van der Waals surface area contributed by atoms with Gasteiger partial charge in [-0.3, -0.25) is 24.0 Å². The lowest BCUT2D eigenvalue weighted by Gasteiger charge is -2.33. The van der Waals surface area contributed by atoms with Gasteiger partial charge in [-0.25, -0.2) is 4.98 Å². The van der Waals surface area contributed by atoms with Gasteiger partial charge in [-0.15, -0.1) is 20.1 Å². The standard InChI is InChI=1S/C42H43F2N7O7S/c1-26-9-13-33(48-40(56)41(16-17-41)29-10-12-31-32(23-29)58-42(43,44)57-31)47-38(26)27-6-4-7-28(22-27)39(55)46-24-34(52)45-18-15-30-11-14-37(59-30)51-21-20-50(25-36(51)54)35(53)8-5-19-49(2)3/h4-14,22-23H,15-21,24-25H2,1-3H3,(H,45,52)(H,46,55)(H,47,48,56)/b8-5+. The Kier molecular flexibility index (Phi) is 11.8. The number of amides is 5. The molecule has 2 aliphatic heterocycles. The Labute approximate surface area is 343 Å². The Hall–Kier alpha value is -6.20. The average Bonchev–Trinajstić information content (AvgIpc) is 3.78. The molecule has 14 nitrogen and oxygen atoms in total. The van der Waals surface area contributed by atoms with Crippen molar-refractivity contribution in [2.24, 2.45) is 0 Å². The molecule has 3 N–H and O–H groups in total. The molecule has 0 bridgehead atoms. The number of thiophene rings is 1. The fourth-order valence-electron chi connectivity index (χ4n) is 6.81. The lowest BCUT2D eigenvalue weighted by molar-refractivity contribution is -0.286. The third kappa shape index (κ3) is 9.58. The van der Waals surface area contributed by atoms with E-state index in [1.807, 2.05) is 38.1 Å². The van der Waals surface area contributed by atoms with E-state index in [4.69, 9.17) is 0 Å². The molecule has 4 heterocycles. The third-order valence-corrected chi connectivity index (χ3v) is 11.3. The number of carbonyl (C=O) groups is 5. The van der Waals surface area contributed by atoms with Gasteiger partial charge in [0.2, 0.25) is 23.6 Å². The van der Waals surface area contributed by atoms with Crippen LogP contribution in [0.1, 0.15) is 39.2 Å². The third-order valence-electron chi connectivity index (χ3n) is 10.2. The number of nitrogens with one attached hydrogen (secondary N) is 3. The van der Waals surface area contributed by atoms with Crippen molar-refractivity contribution < 1.29 is 42.2 Å². The molecule has 2 aromatic heterocycles. The molecule has 0 unspecified atom stereocenters. The van der Waals surface area contributed by atoms with Crippen LogP contribution in [0.25, 0.3) is 11.3 Å². The van der Waals surface area contributed by atoms with Crippen molar-refractivity contribution in [1.29, 1.82) is 0 Å². The highest BCUT2D eigenvalue weighted by Gasteiger charge is 2.53. The Balaban J connectivity index is 0.879. The van der Waals surface area contributed by atoms with E-state index in [9.17, 15) is 32.8 Å². The summed E-state index contributed by atoms with van der Waals surface area (Å²) in [5.74, 6) is -1.44. The number of anilines is 2. The van der Waals surface area contributed by atoms with Crippen LogP contribution in [-0.2, 0) is 31.0 Å². The zero-order valence-electron chi connectivity index (χ0n) is 32.7. The summed E-state index contributed by atoms with van der Waals surface area (Å²) in [6, 6.07) is 18.4. The van der Waals surface area contributed by atoms with Gasteiger partial charge in [0.15, 0.2) is 11.5 Å². The maximum atomic E-state index is 13.6. The molecular formula is C42H43F2N7O7S. The largest absolute Gasteiger partial charge is 0.586 e. The molecule has 2 aromatic carbocycles. The van der Waals surface area contributed by atoms with Crippen molar-refractivity contribution in [1.82, 2.24) is 25.4 Å². The molecule has 17 heteroatoms. The number of nitrogens with zero attached hydrogens (tertiary/aromatic N) is 4. The number of aromatic nitrogens is 1. The second kappa shape index (κ2) is 17.0.